The van der Waals surface area contributed by atoms with Gasteiger partial charge in [0, 0.05) is 11.1 Å². The van der Waals surface area contributed by atoms with Crippen molar-refractivity contribution in [3.05, 3.63) is 28.2 Å². The summed E-state index contributed by atoms with van der Waals surface area (Å²) in [6.45, 7) is 2.98. The molecule has 0 bridgehead atoms. The molecule has 0 heterocycles. The van der Waals surface area contributed by atoms with Crippen LogP contribution in [0, 0.1) is 12.8 Å². The van der Waals surface area contributed by atoms with Crippen LogP contribution in [0.4, 0.5) is 0 Å². The summed E-state index contributed by atoms with van der Waals surface area (Å²) >= 11 is 3.50. The summed E-state index contributed by atoms with van der Waals surface area (Å²) in [5.41, 5.74) is 1.19. The van der Waals surface area contributed by atoms with Gasteiger partial charge in [-0.15, -0.1) is 0 Å². The maximum Gasteiger partial charge on any atom is 0.145 e. The number of hydrogen-bond donors (Lipinski definition) is 0. The fourth-order valence-corrected chi connectivity index (χ4v) is 2.83. The highest BCUT2D eigenvalue weighted by Gasteiger charge is 2.22. The van der Waals surface area contributed by atoms with Crippen LogP contribution < -0.4 is 4.74 Å². The first-order chi connectivity index (χ1) is 9.69. The van der Waals surface area contributed by atoms with Crippen molar-refractivity contribution in [2.45, 2.75) is 38.7 Å². The molecule has 0 atom stereocenters. The minimum absolute atomic E-state index is 0.217. The molecule has 0 aromatic heterocycles. The van der Waals surface area contributed by atoms with Gasteiger partial charge in [0.05, 0.1) is 6.10 Å². The Hall–Kier alpha value is -0.870. The zero-order chi connectivity index (χ0) is 14.4. The summed E-state index contributed by atoms with van der Waals surface area (Å²) in [6, 6.07) is 6.11. The van der Waals surface area contributed by atoms with Gasteiger partial charge in [0.15, 0.2) is 0 Å². The maximum absolute atomic E-state index is 10.2. The van der Waals surface area contributed by atoms with E-state index in [0.29, 0.717) is 18.6 Å². The van der Waals surface area contributed by atoms with Crippen molar-refractivity contribution in [1.82, 2.24) is 0 Å². The molecule has 2 rings (SSSR count). The highest BCUT2D eigenvalue weighted by atomic mass is 79.9. The average molecular weight is 341 g/mol. The molecule has 1 aliphatic rings. The van der Waals surface area contributed by atoms with E-state index in [1.807, 2.05) is 12.1 Å². The van der Waals surface area contributed by atoms with Gasteiger partial charge in [0.25, 0.3) is 0 Å². The molecule has 0 spiro atoms. The molecule has 3 nitrogen and oxygen atoms in total. The van der Waals surface area contributed by atoms with Crippen molar-refractivity contribution in [1.29, 1.82) is 0 Å². The van der Waals surface area contributed by atoms with Crippen LogP contribution in [-0.2, 0) is 9.53 Å². The van der Waals surface area contributed by atoms with Gasteiger partial charge in [-0.2, -0.15) is 0 Å². The van der Waals surface area contributed by atoms with E-state index < -0.39 is 0 Å². The second-order valence-electron chi connectivity index (χ2n) is 5.38. The fourth-order valence-electron chi connectivity index (χ4n) is 2.58. The average Bonchev–Trinajstić information content (AvgIpc) is 2.45. The number of rotatable bonds is 6. The third-order valence-electron chi connectivity index (χ3n) is 3.77. The number of aldehydes is 1. The summed E-state index contributed by atoms with van der Waals surface area (Å²) in [7, 11) is 0. The molecule has 0 radical (unpaired) electrons. The number of benzene rings is 1. The second-order valence-corrected chi connectivity index (χ2v) is 6.23. The lowest BCUT2D eigenvalue weighted by Gasteiger charge is -2.28. The van der Waals surface area contributed by atoms with Gasteiger partial charge in [-0.25, -0.2) is 0 Å². The smallest absolute Gasteiger partial charge is 0.145 e. The molecule has 1 fully saturated rings. The number of carbonyl (C=O) groups excluding carboxylic acids is 1. The van der Waals surface area contributed by atoms with Gasteiger partial charge in [-0.05, 0) is 62.3 Å². The molecular weight excluding hydrogens is 320 g/mol. The van der Waals surface area contributed by atoms with E-state index in [1.54, 1.807) is 0 Å². The maximum atomic E-state index is 10.2. The summed E-state index contributed by atoms with van der Waals surface area (Å²) in [4.78, 5) is 10.2. The molecule has 1 aromatic carbocycles. The van der Waals surface area contributed by atoms with Gasteiger partial charge < -0.3 is 14.3 Å². The van der Waals surface area contributed by atoms with Crippen LogP contribution in [0.15, 0.2) is 22.7 Å². The van der Waals surface area contributed by atoms with E-state index >= 15 is 0 Å². The second kappa shape index (κ2) is 7.79. The Bertz CT molecular complexity index is 439. The predicted octanol–water partition coefficient (Wildman–Crippen LogP) is 3.91. The normalized spacial score (nSPS) is 22.5. The van der Waals surface area contributed by atoms with Crippen molar-refractivity contribution in [3.8, 4) is 5.75 Å². The number of ether oxygens (including phenoxy) is 2. The van der Waals surface area contributed by atoms with Crippen LogP contribution >= 0.6 is 15.9 Å². The third kappa shape index (κ3) is 4.60. The lowest BCUT2D eigenvalue weighted by atomic mass is 9.88. The van der Waals surface area contributed by atoms with Crippen molar-refractivity contribution >= 4 is 22.2 Å². The van der Waals surface area contributed by atoms with Crippen LogP contribution in [0.3, 0.4) is 0 Å². The van der Waals surface area contributed by atoms with E-state index in [2.05, 4.69) is 28.9 Å². The van der Waals surface area contributed by atoms with Gasteiger partial charge >= 0.3 is 0 Å². The largest absolute Gasteiger partial charge is 0.490 e. The molecule has 0 unspecified atom stereocenters. The Morgan fingerprint density at radius 2 is 2.05 bits per heavy atom. The molecule has 0 saturated heterocycles. The topological polar surface area (TPSA) is 35.5 Å². The van der Waals surface area contributed by atoms with Gasteiger partial charge in [-0.3, -0.25) is 0 Å². The van der Waals surface area contributed by atoms with E-state index in [1.165, 1.54) is 5.56 Å². The van der Waals surface area contributed by atoms with Crippen molar-refractivity contribution in [2.24, 2.45) is 5.92 Å². The summed E-state index contributed by atoms with van der Waals surface area (Å²) in [5.74, 6) is 1.52. The van der Waals surface area contributed by atoms with Crippen LogP contribution in [-0.4, -0.2) is 25.6 Å². The highest BCUT2D eigenvalue weighted by molar-refractivity contribution is 9.10. The number of carbonyl (C=O) groups is 1. The minimum atomic E-state index is 0.217. The molecule has 1 saturated carbocycles. The zero-order valence-corrected chi connectivity index (χ0v) is 13.4. The first-order valence-electron chi connectivity index (χ1n) is 7.13. The first-order valence-corrected chi connectivity index (χ1v) is 7.92. The Morgan fingerprint density at radius 1 is 1.30 bits per heavy atom. The molecule has 4 heteroatoms. The van der Waals surface area contributed by atoms with Gasteiger partial charge in [0.1, 0.15) is 18.6 Å². The Labute approximate surface area is 128 Å². The quantitative estimate of drug-likeness (QED) is 0.581. The number of hydrogen-bond acceptors (Lipinski definition) is 3. The van der Waals surface area contributed by atoms with Crippen molar-refractivity contribution in [3.63, 3.8) is 0 Å². The number of aryl methyl sites for hydroxylation is 1. The lowest BCUT2D eigenvalue weighted by molar-refractivity contribution is -0.112. The standard InChI is InChI=1S/C16H21BrO3/c1-12-10-15(6-7-16(12)17)20-14-4-2-13(3-5-14)11-19-9-8-18/h6-8,10,13-14H,2-5,9,11H2,1H3. The monoisotopic (exact) mass is 340 g/mol. The Kier molecular flexibility index (Phi) is 6.05. The van der Waals surface area contributed by atoms with Gasteiger partial charge in [0.2, 0.25) is 0 Å². The van der Waals surface area contributed by atoms with E-state index in [0.717, 1.165) is 42.2 Å². The fraction of sp³-hybridized carbons (Fsp3) is 0.562. The molecule has 0 amide bonds. The van der Waals surface area contributed by atoms with Crippen molar-refractivity contribution in [2.75, 3.05) is 13.2 Å². The van der Waals surface area contributed by atoms with Crippen molar-refractivity contribution < 1.29 is 14.3 Å². The van der Waals surface area contributed by atoms with Crippen LogP contribution in [0.25, 0.3) is 0 Å². The van der Waals surface area contributed by atoms with Crippen LogP contribution in [0.1, 0.15) is 31.2 Å². The minimum Gasteiger partial charge on any atom is -0.490 e. The highest BCUT2D eigenvalue weighted by Crippen LogP contribution is 2.29. The molecule has 1 aromatic rings. The molecule has 0 aliphatic heterocycles. The van der Waals surface area contributed by atoms with E-state index in [9.17, 15) is 4.79 Å². The predicted molar refractivity (Wildman–Crippen MR) is 82.1 cm³/mol. The van der Waals surface area contributed by atoms with E-state index in [4.69, 9.17) is 9.47 Å². The molecule has 1 aliphatic carbocycles. The Balaban J connectivity index is 1.76. The molecule has 110 valence electrons. The molecular formula is C16H21BrO3. The van der Waals surface area contributed by atoms with Crippen LogP contribution in [0.5, 0.6) is 5.75 Å². The lowest BCUT2D eigenvalue weighted by Crippen LogP contribution is -2.26. The SMILES string of the molecule is Cc1cc(OC2CCC(COCC=O)CC2)ccc1Br. The summed E-state index contributed by atoms with van der Waals surface area (Å²) < 4.78 is 12.4. The number of halogens is 1. The molecule has 0 N–H and O–H groups in total. The Morgan fingerprint density at radius 3 is 2.70 bits per heavy atom. The third-order valence-corrected chi connectivity index (χ3v) is 4.66. The van der Waals surface area contributed by atoms with Gasteiger partial charge in [-0.1, -0.05) is 15.9 Å². The summed E-state index contributed by atoms with van der Waals surface area (Å²) in [5, 5.41) is 0. The first kappa shape index (κ1) is 15.5. The molecule has 20 heavy (non-hydrogen) atoms. The zero-order valence-electron chi connectivity index (χ0n) is 11.8. The van der Waals surface area contributed by atoms with E-state index in [-0.39, 0.29) is 6.61 Å². The summed E-state index contributed by atoms with van der Waals surface area (Å²) in [6.07, 6.45) is 5.45. The van der Waals surface area contributed by atoms with Crippen LogP contribution in [0.2, 0.25) is 0 Å².